The second-order valence-electron chi connectivity index (χ2n) is 4.28. The summed E-state index contributed by atoms with van der Waals surface area (Å²) < 4.78 is 7.79. The highest BCUT2D eigenvalue weighted by atomic mass is 79.9. The van der Waals surface area contributed by atoms with Crippen LogP contribution in [0.4, 0.5) is 0 Å². The molecule has 0 saturated carbocycles. The first-order chi connectivity index (χ1) is 9.02. The van der Waals surface area contributed by atoms with Crippen LogP contribution < -0.4 is 10.5 Å². The molecule has 0 radical (unpaired) electrons. The lowest BCUT2D eigenvalue weighted by molar-refractivity contribution is 0.390. The fraction of sp³-hybridized carbons (Fsp3) is 0.417. The molecule has 1 atom stereocenters. The summed E-state index contributed by atoms with van der Waals surface area (Å²) >= 11 is 3.53. The van der Waals surface area contributed by atoms with Crippen molar-refractivity contribution in [1.82, 2.24) is 20.0 Å². The highest BCUT2D eigenvalue weighted by Gasteiger charge is 2.16. The lowest BCUT2D eigenvalue weighted by Gasteiger charge is -2.11. The van der Waals surface area contributed by atoms with Crippen LogP contribution in [0.1, 0.15) is 23.1 Å². The molecule has 2 aromatic rings. The summed E-state index contributed by atoms with van der Waals surface area (Å²) in [6.07, 6.45) is 0.638. The number of rotatable bonds is 4. The van der Waals surface area contributed by atoms with Crippen molar-refractivity contribution >= 4 is 15.9 Å². The van der Waals surface area contributed by atoms with Gasteiger partial charge in [-0.15, -0.1) is 5.10 Å². The zero-order valence-electron chi connectivity index (χ0n) is 11.1. The molecule has 2 aromatic heterocycles. The Morgan fingerprint density at radius 1 is 1.42 bits per heavy atom. The van der Waals surface area contributed by atoms with Crippen LogP contribution in [0.3, 0.4) is 0 Å². The van der Waals surface area contributed by atoms with E-state index in [-0.39, 0.29) is 6.04 Å². The van der Waals surface area contributed by atoms with Gasteiger partial charge < -0.3 is 10.5 Å². The van der Waals surface area contributed by atoms with Crippen LogP contribution in [0, 0.1) is 6.92 Å². The lowest BCUT2D eigenvalue weighted by Crippen LogP contribution is -2.17. The van der Waals surface area contributed by atoms with E-state index >= 15 is 0 Å². The predicted molar refractivity (Wildman–Crippen MR) is 74.9 cm³/mol. The molecule has 2 N–H and O–H groups in total. The number of aryl methyl sites for hydroxylation is 2. The minimum Gasteiger partial charge on any atom is -0.480 e. The van der Waals surface area contributed by atoms with Gasteiger partial charge in [0.25, 0.3) is 0 Å². The molecule has 0 fully saturated rings. The smallest absolute Gasteiger partial charge is 0.233 e. The highest BCUT2D eigenvalue weighted by Crippen LogP contribution is 2.24. The van der Waals surface area contributed by atoms with E-state index in [1.54, 1.807) is 13.2 Å². The first kappa shape index (κ1) is 14.0. The van der Waals surface area contributed by atoms with Crippen molar-refractivity contribution in [2.24, 2.45) is 12.8 Å². The van der Waals surface area contributed by atoms with Crippen LogP contribution in [0.25, 0.3) is 0 Å². The molecule has 2 heterocycles. The van der Waals surface area contributed by atoms with Gasteiger partial charge in [0.2, 0.25) is 5.88 Å². The van der Waals surface area contributed by atoms with Crippen LogP contribution in [-0.4, -0.2) is 27.1 Å². The van der Waals surface area contributed by atoms with Gasteiger partial charge in [-0.2, -0.15) is 10.2 Å². The average molecular weight is 326 g/mol. The fourth-order valence-corrected chi connectivity index (χ4v) is 2.35. The van der Waals surface area contributed by atoms with E-state index in [9.17, 15) is 0 Å². The Morgan fingerprint density at radius 2 is 2.16 bits per heavy atom. The standard InChI is InChI=1S/C12H16BrN5O/c1-7-12(13)10(18(2)17-7)6-8(14)9-4-5-11(19-3)16-15-9/h4-5,8H,6,14H2,1-3H3. The number of halogens is 1. The maximum atomic E-state index is 6.16. The first-order valence-corrected chi connectivity index (χ1v) is 6.63. The van der Waals surface area contributed by atoms with E-state index in [1.165, 1.54) is 0 Å². The zero-order valence-corrected chi connectivity index (χ0v) is 12.7. The summed E-state index contributed by atoms with van der Waals surface area (Å²) in [7, 11) is 3.46. The van der Waals surface area contributed by atoms with Gasteiger partial charge >= 0.3 is 0 Å². The SMILES string of the molecule is COc1ccc(C(N)Cc2c(Br)c(C)nn2C)nn1. The number of nitrogens with two attached hydrogens (primary N) is 1. The molecule has 0 saturated heterocycles. The molecule has 0 aliphatic rings. The number of hydrogen-bond donors (Lipinski definition) is 1. The van der Waals surface area contributed by atoms with Crippen LogP contribution in [0.15, 0.2) is 16.6 Å². The van der Waals surface area contributed by atoms with Gasteiger partial charge in [-0.1, -0.05) is 0 Å². The van der Waals surface area contributed by atoms with Crippen molar-refractivity contribution < 1.29 is 4.74 Å². The second kappa shape index (κ2) is 5.66. The first-order valence-electron chi connectivity index (χ1n) is 5.84. The molecule has 102 valence electrons. The van der Waals surface area contributed by atoms with Gasteiger partial charge in [-0.3, -0.25) is 4.68 Å². The van der Waals surface area contributed by atoms with Crippen LogP contribution in [0.2, 0.25) is 0 Å². The molecule has 2 rings (SSSR count). The molecule has 0 bridgehead atoms. The molecule has 0 amide bonds. The van der Waals surface area contributed by atoms with E-state index < -0.39 is 0 Å². The minimum absolute atomic E-state index is 0.232. The molecular formula is C12H16BrN5O. The molecule has 7 heteroatoms. The third-order valence-corrected chi connectivity index (χ3v) is 3.96. The Labute approximate surface area is 120 Å². The number of aromatic nitrogens is 4. The third kappa shape index (κ3) is 2.93. The number of nitrogens with zero attached hydrogens (tertiary/aromatic N) is 4. The van der Waals surface area contributed by atoms with Crippen LogP contribution in [0.5, 0.6) is 5.88 Å². The quantitative estimate of drug-likeness (QED) is 0.922. The van der Waals surface area contributed by atoms with Crippen LogP contribution >= 0.6 is 15.9 Å². The van der Waals surface area contributed by atoms with Gasteiger partial charge in [0.1, 0.15) is 0 Å². The lowest BCUT2D eigenvalue weighted by atomic mass is 10.1. The van der Waals surface area contributed by atoms with E-state index in [4.69, 9.17) is 10.5 Å². The Balaban J connectivity index is 2.17. The summed E-state index contributed by atoms with van der Waals surface area (Å²) in [5.74, 6) is 0.480. The normalized spacial score (nSPS) is 12.5. The topological polar surface area (TPSA) is 78.9 Å². The van der Waals surface area contributed by atoms with Crippen molar-refractivity contribution in [3.05, 3.63) is 33.7 Å². The van der Waals surface area contributed by atoms with E-state index in [2.05, 4.69) is 31.2 Å². The van der Waals surface area contributed by atoms with Crippen LogP contribution in [-0.2, 0) is 13.5 Å². The summed E-state index contributed by atoms with van der Waals surface area (Å²) in [5.41, 5.74) is 8.88. The van der Waals surface area contributed by atoms with Crippen molar-refractivity contribution in [2.45, 2.75) is 19.4 Å². The molecule has 1 unspecified atom stereocenters. The molecule has 0 aromatic carbocycles. The largest absolute Gasteiger partial charge is 0.480 e. The Morgan fingerprint density at radius 3 is 2.63 bits per heavy atom. The van der Waals surface area contributed by atoms with Crippen molar-refractivity contribution in [2.75, 3.05) is 7.11 Å². The van der Waals surface area contributed by atoms with Gasteiger partial charge in [0.15, 0.2) is 0 Å². The fourth-order valence-electron chi connectivity index (χ4n) is 1.85. The molecule has 6 nitrogen and oxygen atoms in total. The Kier molecular flexibility index (Phi) is 4.16. The Bertz CT molecular complexity index is 566. The number of hydrogen-bond acceptors (Lipinski definition) is 5. The zero-order chi connectivity index (χ0) is 14.0. The third-order valence-electron chi connectivity index (χ3n) is 2.92. The molecular weight excluding hydrogens is 310 g/mol. The monoisotopic (exact) mass is 325 g/mol. The van der Waals surface area contributed by atoms with E-state index in [0.717, 1.165) is 21.6 Å². The predicted octanol–water partition coefficient (Wildman–Crippen LogP) is 1.53. The second-order valence-corrected chi connectivity index (χ2v) is 5.07. The number of ether oxygens (including phenoxy) is 1. The Hall–Kier alpha value is -1.47. The summed E-state index contributed by atoms with van der Waals surface area (Å²) in [6.45, 7) is 1.95. The van der Waals surface area contributed by atoms with Gasteiger partial charge in [-0.25, -0.2) is 0 Å². The summed E-state index contributed by atoms with van der Waals surface area (Å²) in [4.78, 5) is 0. The molecule has 0 aliphatic carbocycles. The molecule has 0 aliphatic heterocycles. The number of methoxy groups -OCH3 is 1. The highest BCUT2D eigenvalue weighted by molar-refractivity contribution is 9.10. The maximum absolute atomic E-state index is 6.16. The summed E-state index contributed by atoms with van der Waals surface area (Å²) in [5, 5.41) is 12.3. The van der Waals surface area contributed by atoms with Gasteiger partial charge in [-0.05, 0) is 28.9 Å². The average Bonchev–Trinajstić information content (AvgIpc) is 2.65. The maximum Gasteiger partial charge on any atom is 0.233 e. The van der Waals surface area contributed by atoms with Crippen molar-refractivity contribution in [3.63, 3.8) is 0 Å². The van der Waals surface area contributed by atoms with Gasteiger partial charge in [0, 0.05) is 19.5 Å². The van der Waals surface area contributed by atoms with E-state index in [1.807, 2.05) is 24.7 Å². The minimum atomic E-state index is -0.232. The molecule has 0 spiro atoms. The summed E-state index contributed by atoms with van der Waals surface area (Å²) in [6, 6.07) is 3.35. The van der Waals surface area contributed by atoms with E-state index in [0.29, 0.717) is 12.3 Å². The van der Waals surface area contributed by atoms with Crippen molar-refractivity contribution in [3.8, 4) is 5.88 Å². The van der Waals surface area contributed by atoms with Crippen molar-refractivity contribution in [1.29, 1.82) is 0 Å². The molecule has 19 heavy (non-hydrogen) atoms. The van der Waals surface area contributed by atoms with Gasteiger partial charge in [0.05, 0.1) is 34.7 Å².